The quantitative estimate of drug-likeness (QED) is 0.793. The van der Waals surface area contributed by atoms with E-state index in [4.69, 9.17) is 0 Å². The monoisotopic (exact) mass is 290 g/mol. The molecule has 4 saturated carbocycles. The van der Waals surface area contributed by atoms with Gasteiger partial charge < -0.3 is 5.11 Å². The lowest BCUT2D eigenvalue weighted by Gasteiger charge is -2.60. The highest BCUT2D eigenvalue weighted by atomic mass is 16.3. The molecule has 2 nitrogen and oxygen atoms in total. The molecule has 4 aliphatic carbocycles. The van der Waals surface area contributed by atoms with Crippen LogP contribution in [0.5, 0.6) is 0 Å². The van der Waals surface area contributed by atoms with Gasteiger partial charge in [-0.05, 0) is 74.0 Å². The Bertz CT molecular complexity index is 445. The molecule has 0 aliphatic heterocycles. The van der Waals surface area contributed by atoms with Crippen molar-refractivity contribution in [1.82, 2.24) is 0 Å². The summed E-state index contributed by atoms with van der Waals surface area (Å²) in [5, 5.41) is 10.3. The molecule has 0 radical (unpaired) electrons. The highest BCUT2D eigenvalue weighted by molar-refractivity contribution is 5.87. The third kappa shape index (κ3) is 1.77. The molecule has 0 saturated heterocycles. The maximum Gasteiger partial charge on any atom is 0.139 e. The van der Waals surface area contributed by atoms with Crippen molar-refractivity contribution in [1.29, 1.82) is 0 Å². The Labute approximate surface area is 128 Å². The van der Waals surface area contributed by atoms with E-state index in [2.05, 4.69) is 6.92 Å². The Hall–Kier alpha value is -0.370. The summed E-state index contributed by atoms with van der Waals surface area (Å²) in [5.41, 5.74) is 0.202. The molecule has 1 N–H and O–H groups in total. The first-order valence-electron chi connectivity index (χ1n) is 9.26. The van der Waals surface area contributed by atoms with Crippen LogP contribution >= 0.6 is 0 Å². The van der Waals surface area contributed by atoms with Crippen molar-refractivity contribution >= 4 is 5.78 Å². The lowest BCUT2D eigenvalue weighted by atomic mass is 9.45. The topological polar surface area (TPSA) is 37.3 Å². The van der Waals surface area contributed by atoms with Gasteiger partial charge in [-0.2, -0.15) is 0 Å². The smallest absolute Gasteiger partial charge is 0.139 e. The molecule has 0 heterocycles. The van der Waals surface area contributed by atoms with Gasteiger partial charge in [-0.15, -0.1) is 0 Å². The van der Waals surface area contributed by atoms with Crippen LogP contribution in [-0.2, 0) is 4.79 Å². The van der Waals surface area contributed by atoms with Crippen LogP contribution in [0.2, 0.25) is 0 Å². The molecule has 4 fully saturated rings. The third-order valence-corrected chi connectivity index (χ3v) is 8.29. The molecular formula is C19H30O2. The number of carbonyl (C=O) groups is 1. The number of Topliss-reactive ketones (excluding diaryl/α,β-unsaturated/α-hetero) is 1. The average Bonchev–Trinajstić information content (AvgIpc) is 2.82. The molecule has 6 atom stereocenters. The summed E-state index contributed by atoms with van der Waals surface area (Å²) in [6, 6.07) is 0. The summed E-state index contributed by atoms with van der Waals surface area (Å²) in [4.78, 5) is 12.4. The number of hydrogen-bond donors (Lipinski definition) is 1. The van der Waals surface area contributed by atoms with Crippen LogP contribution in [0.1, 0.15) is 71.1 Å². The number of aliphatic hydroxyl groups is 1. The predicted molar refractivity (Wildman–Crippen MR) is 82.8 cm³/mol. The molecule has 0 aromatic heterocycles. The van der Waals surface area contributed by atoms with Gasteiger partial charge in [0.15, 0.2) is 0 Å². The second-order valence-corrected chi connectivity index (χ2v) is 8.71. The van der Waals surface area contributed by atoms with Crippen LogP contribution in [-0.4, -0.2) is 17.5 Å². The molecule has 4 aliphatic rings. The molecule has 0 bridgehead atoms. The number of aliphatic hydroxyl groups excluding tert-OH is 1. The van der Waals surface area contributed by atoms with Crippen LogP contribution < -0.4 is 0 Å². The Morgan fingerprint density at radius 2 is 1.90 bits per heavy atom. The van der Waals surface area contributed by atoms with Crippen LogP contribution in [0.25, 0.3) is 0 Å². The highest BCUT2D eigenvalue weighted by Gasteiger charge is 2.60. The molecule has 118 valence electrons. The van der Waals surface area contributed by atoms with Crippen LogP contribution in [0.4, 0.5) is 0 Å². The Morgan fingerprint density at radius 3 is 2.71 bits per heavy atom. The first-order valence-corrected chi connectivity index (χ1v) is 9.26. The van der Waals surface area contributed by atoms with Gasteiger partial charge in [0.1, 0.15) is 5.78 Å². The molecule has 0 aromatic carbocycles. The van der Waals surface area contributed by atoms with E-state index < -0.39 is 0 Å². The van der Waals surface area contributed by atoms with Gasteiger partial charge in [-0.25, -0.2) is 0 Å². The fourth-order valence-electron chi connectivity index (χ4n) is 7.15. The lowest BCUT2D eigenvalue weighted by Crippen LogP contribution is -2.55. The first-order chi connectivity index (χ1) is 10.1. The molecule has 0 amide bonds. The van der Waals surface area contributed by atoms with E-state index in [0.29, 0.717) is 24.2 Å². The van der Waals surface area contributed by atoms with Crippen molar-refractivity contribution in [3.8, 4) is 0 Å². The number of carbonyl (C=O) groups excluding carboxylic acids is 1. The van der Waals surface area contributed by atoms with Crippen molar-refractivity contribution < 1.29 is 9.90 Å². The lowest BCUT2D eigenvalue weighted by molar-refractivity contribution is -0.147. The minimum Gasteiger partial charge on any atom is -0.396 e. The second kappa shape index (κ2) is 4.81. The van der Waals surface area contributed by atoms with E-state index in [1.807, 2.05) is 0 Å². The summed E-state index contributed by atoms with van der Waals surface area (Å²) >= 11 is 0. The number of ketones is 1. The molecule has 0 aromatic rings. The largest absolute Gasteiger partial charge is 0.396 e. The fraction of sp³-hybridized carbons (Fsp3) is 0.947. The Kier molecular flexibility index (Phi) is 3.26. The number of fused-ring (bicyclic) bond motifs is 5. The summed E-state index contributed by atoms with van der Waals surface area (Å²) in [6.45, 7) is 2.65. The minimum atomic E-state index is -0.0146. The number of rotatable bonds is 1. The fourth-order valence-corrected chi connectivity index (χ4v) is 7.15. The Morgan fingerprint density at radius 1 is 1.05 bits per heavy atom. The molecule has 0 spiro atoms. The van der Waals surface area contributed by atoms with Crippen LogP contribution in [0, 0.1) is 34.5 Å². The standard InChI is InChI=1S/C19H30O2/c1-18-11-9-16-14(15(18)7-8-17(18)21)6-5-13-4-2-3-10-19(13,16)12-20/h13-16,20H,2-12H2,1H3/t13-,14+,15+,16+,18+,19-/m1/s1. The van der Waals surface area contributed by atoms with Gasteiger partial charge in [0.05, 0.1) is 0 Å². The Balaban J connectivity index is 1.68. The van der Waals surface area contributed by atoms with Gasteiger partial charge in [0.25, 0.3) is 0 Å². The van der Waals surface area contributed by atoms with Crippen LogP contribution in [0.15, 0.2) is 0 Å². The van der Waals surface area contributed by atoms with Gasteiger partial charge in [0.2, 0.25) is 0 Å². The van der Waals surface area contributed by atoms with Gasteiger partial charge in [-0.3, -0.25) is 4.79 Å². The zero-order valence-corrected chi connectivity index (χ0v) is 13.4. The molecule has 0 unspecified atom stereocenters. The molecular weight excluding hydrogens is 260 g/mol. The van der Waals surface area contributed by atoms with E-state index in [0.717, 1.165) is 31.1 Å². The zero-order valence-electron chi connectivity index (χ0n) is 13.4. The van der Waals surface area contributed by atoms with Crippen molar-refractivity contribution in [3.63, 3.8) is 0 Å². The maximum absolute atomic E-state index is 12.4. The minimum absolute atomic E-state index is 0.0146. The highest BCUT2D eigenvalue weighted by Crippen LogP contribution is 2.65. The van der Waals surface area contributed by atoms with Crippen molar-refractivity contribution in [2.75, 3.05) is 6.61 Å². The van der Waals surface area contributed by atoms with Gasteiger partial charge >= 0.3 is 0 Å². The van der Waals surface area contributed by atoms with Gasteiger partial charge in [0, 0.05) is 18.4 Å². The molecule has 2 heteroatoms. The third-order valence-electron chi connectivity index (χ3n) is 8.29. The van der Waals surface area contributed by atoms with Gasteiger partial charge in [-0.1, -0.05) is 19.8 Å². The van der Waals surface area contributed by atoms with E-state index in [1.54, 1.807) is 0 Å². The SMILES string of the molecule is C[C@]12CC[C@H]3[C@@H](CC[C@H]4CCCC[C@@]43CO)[C@@H]1CCC2=O. The zero-order chi connectivity index (χ0) is 14.7. The summed E-state index contributed by atoms with van der Waals surface area (Å²) in [6.07, 6.45) is 12.1. The molecule has 21 heavy (non-hydrogen) atoms. The first kappa shape index (κ1) is 14.2. The molecule has 4 rings (SSSR count). The average molecular weight is 290 g/mol. The van der Waals surface area contributed by atoms with E-state index >= 15 is 0 Å². The second-order valence-electron chi connectivity index (χ2n) is 8.71. The maximum atomic E-state index is 12.4. The normalized spacial score (nSPS) is 53.0. The summed E-state index contributed by atoms with van der Waals surface area (Å²) in [7, 11) is 0. The van der Waals surface area contributed by atoms with Crippen molar-refractivity contribution in [2.24, 2.45) is 34.5 Å². The summed E-state index contributed by atoms with van der Waals surface area (Å²) in [5.74, 6) is 3.34. The van der Waals surface area contributed by atoms with E-state index in [-0.39, 0.29) is 10.8 Å². The van der Waals surface area contributed by atoms with Crippen LogP contribution in [0.3, 0.4) is 0 Å². The predicted octanol–water partition coefficient (Wildman–Crippen LogP) is 3.96. The summed E-state index contributed by atoms with van der Waals surface area (Å²) < 4.78 is 0. The van der Waals surface area contributed by atoms with Crippen molar-refractivity contribution in [2.45, 2.75) is 71.1 Å². The van der Waals surface area contributed by atoms with E-state index in [9.17, 15) is 9.90 Å². The number of hydrogen-bond acceptors (Lipinski definition) is 2. The van der Waals surface area contributed by atoms with Crippen molar-refractivity contribution in [3.05, 3.63) is 0 Å². The van der Waals surface area contributed by atoms with E-state index in [1.165, 1.54) is 44.9 Å².